The lowest BCUT2D eigenvalue weighted by atomic mass is 10.3. The SMILES string of the molecule is [2H]C(CO)CCO. The Labute approximate surface area is 38.8 Å². The summed E-state index contributed by atoms with van der Waals surface area (Å²) in [7, 11) is 0. The van der Waals surface area contributed by atoms with Crippen LogP contribution < -0.4 is 0 Å². The molecular weight excluding hydrogens is 80.0 g/mol. The molecule has 6 heavy (non-hydrogen) atoms. The van der Waals surface area contributed by atoms with Gasteiger partial charge in [0, 0.05) is 14.6 Å². The van der Waals surface area contributed by atoms with Crippen molar-refractivity contribution >= 4 is 0 Å². The second kappa shape index (κ2) is 4.92. The van der Waals surface area contributed by atoms with Gasteiger partial charge in [0.15, 0.2) is 0 Å². The lowest BCUT2D eigenvalue weighted by Gasteiger charge is -1.85. The Morgan fingerprint density at radius 2 is 2.00 bits per heavy atom. The van der Waals surface area contributed by atoms with E-state index in [-0.39, 0.29) is 13.2 Å². The summed E-state index contributed by atoms with van der Waals surface area (Å²) in [6.07, 6.45) is -0.124. The molecule has 0 aliphatic carbocycles. The van der Waals surface area contributed by atoms with E-state index in [2.05, 4.69) is 0 Å². The average Bonchev–Trinajstić information content (AvgIpc) is 1.68. The summed E-state index contributed by atoms with van der Waals surface area (Å²) in [6.45, 7) is -0.157. The normalized spacial score (nSPS) is 16.7. The highest BCUT2D eigenvalue weighted by molar-refractivity contribution is 4.30. The third-order valence-electron chi connectivity index (χ3n) is 0.462. The topological polar surface area (TPSA) is 40.5 Å². The van der Waals surface area contributed by atoms with E-state index in [9.17, 15) is 0 Å². The maximum Gasteiger partial charge on any atom is 0.0431 e. The van der Waals surface area contributed by atoms with Crippen molar-refractivity contribution in [2.24, 2.45) is 0 Å². The van der Waals surface area contributed by atoms with Crippen LogP contribution in [0.5, 0.6) is 0 Å². The second-order valence-electron chi connectivity index (χ2n) is 0.984. The van der Waals surface area contributed by atoms with Crippen molar-refractivity contribution in [2.75, 3.05) is 13.2 Å². The van der Waals surface area contributed by atoms with E-state index in [1.807, 2.05) is 0 Å². The number of aliphatic hydroxyl groups excluding tert-OH is 2. The molecule has 1 unspecified atom stereocenters. The maximum atomic E-state index is 8.17. The summed E-state index contributed by atoms with van der Waals surface area (Å²) in [5, 5.41) is 16.3. The Morgan fingerprint density at radius 1 is 1.33 bits per heavy atom. The van der Waals surface area contributed by atoms with Crippen LogP contribution in [0.15, 0.2) is 0 Å². The molecule has 0 fully saturated rings. The summed E-state index contributed by atoms with van der Waals surface area (Å²) in [5.41, 5.74) is 0. The predicted octanol–water partition coefficient (Wildman–Crippen LogP) is -0.249. The lowest BCUT2D eigenvalue weighted by molar-refractivity contribution is 0.242. The molecular formula is C4H10O2. The monoisotopic (exact) mass is 91.1 g/mol. The Kier molecular flexibility index (Phi) is 3.35. The molecule has 0 rings (SSSR count). The Balaban J connectivity index is 2.83. The van der Waals surface area contributed by atoms with E-state index in [4.69, 9.17) is 11.6 Å². The fourth-order valence-electron chi connectivity index (χ4n) is 0.183. The number of hydrogen-bond donors (Lipinski definition) is 2. The smallest absolute Gasteiger partial charge is 0.0431 e. The quantitative estimate of drug-likeness (QED) is 0.503. The second-order valence-corrected chi connectivity index (χ2v) is 0.984. The average molecular weight is 91.1 g/mol. The van der Waals surface area contributed by atoms with Crippen LogP contribution in [0.4, 0.5) is 0 Å². The van der Waals surface area contributed by atoms with Crippen molar-refractivity contribution in [1.82, 2.24) is 0 Å². The third kappa shape index (κ3) is 3.92. The van der Waals surface area contributed by atoms with Gasteiger partial charge in [-0.05, 0) is 12.8 Å². The zero-order valence-electron chi connectivity index (χ0n) is 4.59. The molecule has 38 valence electrons. The molecule has 0 aromatic carbocycles. The molecule has 0 aromatic heterocycles. The largest absolute Gasteiger partial charge is 0.396 e. The summed E-state index contributed by atoms with van der Waals surface area (Å²) in [6, 6.07) is 0. The molecule has 0 aliphatic rings. The van der Waals surface area contributed by atoms with Gasteiger partial charge in [-0.2, -0.15) is 0 Å². The van der Waals surface area contributed by atoms with Gasteiger partial charge in [0.1, 0.15) is 0 Å². The fraction of sp³-hybridized carbons (Fsp3) is 1.00. The molecule has 0 amide bonds. The van der Waals surface area contributed by atoms with Gasteiger partial charge in [-0.25, -0.2) is 0 Å². The van der Waals surface area contributed by atoms with E-state index >= 15 is 0 Å². The minimum absolute atomic E-state index is 0.00523. The first-order valence-corrected chi connectivity index (χ1v) is 1.95. The van der Waals surface area contributed by atoms with Crippen molar-refractivity contribution in [2.45, 2.75) is 12.8 Å². The molecule has 2 nitrogen and oxygen atoms in total. The highest BCUT2D eigenvalue weighted by Gasteiger charge is 1.77. The number of rotatable bonds is 3. The van der Waals surface area contributed by atoms with Crippen LogP contribution in [0, 0.1) is 0 Å². The molecule has 0 radical (unpaired) electrons. The van der Waals surface area contributed by atoms with Crippen LogP contribution in [-0.2, 0) is 0 Å². The molecule has 2 heteroatoms. The first kappa shape index (κ1) is 4.09. The molecule has 0 heterocycles. The first-order chi connectivity index (χ1) is 3.31. The predicted molar refractivity (Wildman–Crippen MR) is 23.4 cm³/mol. The highest BCUT2D eigenvalue weighted by atomic mass is 16.3. The van der Waals surface area contributed by atoms with E-state index in [0.29, 0.717) is 6.42 Å². The Hall–Kier alpha value is -0.0800. The standard InChI is InChI=1S/C4H10O2/c5-3-1-2-4-6/h5-6H,1-4H2/i1D. The van der Waals surface area contributed by atoms with Gasteiger partial charge in [-0.1, -0.05) is 0 Å². The van der Waals surface area contributed by atoms with E-state index in [1.54, 1.807) is 0 Å². The van der Waals surface area contributed by atoms with Gasteiger partial charge in [-0.15, -0.1) is 0 Å². The van der Waals surface area contributed by atoms with Crippen LogP contribution in [0.1, 0.15) is 14.2 Å². The van der Waals surface area contributed by atoms with Gasteiger partial charge in [-0.3, -0.25) is 0 Å². The van der Waals surface area contributed by atoms with Crippen LogP contribution in [-0.4, -0.2) is 23.4 Å². The van der Waals surface area contributed by atoms with Crippen molar-refractivity contribution < 1.29 is 11.6 Å². The van der Waals surface area contributed by atoms with Crippen molar-refractivity contribution in [3.63, 3.8) is 0 Å². The molecule has 0 spiro atoms. The lowest BCUT2D eigenvalue weighted by Crippen LogP contribution is -1.85. The van der Waals surface area contributed by atoms with Crippen molar-refractivity contribution in [3.8, 4) is 0 Å². The molecule has 0 aliphatic heterocycles. The zero-order valence-corrected chi connectivity index (χ0v) is 3.59. The summed E-state index contributed by atoms with van der Waals surface area (Å²) < 4.78 is 6.81. The van der Waals surface area contributed by atoms with Crippen LogP contribution in [0.3, 0.4) is 0 Å². The Bertz CT molecular complexity index is 40.7. The summed E-state index contributed by atoms with van der Waals surface area (Å²) in [4.78, 5) is 0. The van der Waals surface area contributed by atoms with Crippen molar-refractivity contribution in [1.29, 1.82) is 0 Å². The fourth-order valence-corrected chi connectivity index (χ4v) is 0.183. The number of hydrogen-bond acceptors (Lipinski definition) is 2. The van der Waals surface area contributed by atoms with E-state index < -0.39 is 6.40 Å². The third-order valence-corrected chi connectivity index (χ3v) is 0.462. The van der Waals surface area contributed by atoms with E-state index in [1.165, 1.54) is 0 Å². The first-order valence-electron chi connectivity index (χ1n) is 2.53. The van der Waals surface area contributed by atoms with Gasteiger partial charge >= 0.3 is 0 Å². The summed E-state index contributed by atoms with van der Waals surface area (Å²) in [5.74, 6) is 0. The maximum absolute atomic E-state index is 8.17. The molecule has 1 atom stereocenters. The van der Waals surface area contributed by atoms with Gasteiger partial charge < -0.3 is 10.2 Å². The summed E-state index contributed by atoms with van der Waals surface area (Å²) >= 11 is 0. The van der Waals surface area contributed by atoms with Gasteiger partial charge in [0.05, 0.1) is 0 Å². The molecule has 0 aromatic rings. The minimum atomic E-state index is -0.495. The van der Waals surface area contributed by atoms with Crippen LogP contribution >= 0.6 is 0 Å². The minimum Gasteiger partial charge on any atom is -0.396 e. The van der Waals surface area contributed by atoms with E-state index in [0.717, 1.165) is 0 Å². The molecule has 0 bridgehead atoms. The van der Waals surface area contributed by atoms with Gasteiger partial charge in [0.2, 0.25) is 0 Å². The molecule has 0 saturated heterocycles. The molecule has 2 N–H and O–H groups in total. The Morgan fingerprint density at radius 3 is 2.17 bits per heavy atom. The van der Waals surface area contributed by atoms with Crippen LogP contribution in [0.2, 0.25) is 0 Å². The van der Waals surface area contributed by atoms with Gasteiger partial charge in [0.25, 0.3) is 0 Å². The van der Waals surface area contributed by atoms with Crippen LogP contribution in [0.25, 0.3) is 0 Å². The number of aliphatic hydroxyl groups is 2. The molecule has 0 saturated carbocycles. The van der Waals surface area contributed by atoms with Crippen molar-refractivity contribution in [3.05, 3.63) is 0 Å². The highest BCUT2D eigenvalue weighted by Crippen LogP contribution is 1.80. The zero-order chi connectivity index (χ0) is 5.70.